The highest BCUT2D eigenvalue weighted by Crippen LogP contribution is 2.27. The summed E-state index contributed by atoms with van der Waals surface area (Å²) in [6.07, 6.45) is -3.73. The number of benzene rings is 2. The van der Waals surface area contributed by atoms with E-state index in [9.17, 15) is 27.9 Å². The molecule has 36 heavy (non-hydrogen) atoms. The summed E-state index contributed by atoms with van der Waals surface area (Å²) in [7, 11) is 0. The third-order valence-electron chi connectivity index (χ3n) is 5.35. The van der Waals surface area contributed by atoms with Crippen LogP contribution in [0.1, 0.15) is 16.7 Å². The van der Waals surface area contributed by atoms with Gasteiger partial charge in [-0.25, -0.2) is 0 Å². The molecular formula is C24H23F3N4O5. The first-order valence-electron chi connectivity index (χ1n) is 10.7. The van der Waals surface area contributed by atoms with Gasteiger partial charge in [0.1, 0.15) is 5.84 Å². The van der Waals surface area contributed by atoms with Gasteiger partial charge in [0.15, 0.2) is 12.2 Å². The molecule has 2 amide bonds. The van der Waals surface area contributed by atoms with Crippen molar-refractivity contribution in [3.63, 3.8) is 0 Å². The zero-order valence-corrected chi connectivity index (χ0v) is 18.8. The van der Waals surface area contributed by atoms with Gasteiger partial charge in [-0.05, 0) is 53.9 Å². The van der Waals surface area contributed by atoms with Crippen LogP contribution in [0.2, 0.25) is 0 Å². The number of amides is 2. The molecular weight excluding hydrogens is 481 g/mol. The van der Waals surface area contributed by atoms with E-state index < -0.39 is 36.5 Å². The van der Waals surface area contributed by atoms with Crippen LogP contribution in [-0.4, -0.2) is 60.6 Å². The van der Waals surface area contributed by atoms with Crippen LogP contribution in [0.3, 0.4) is 0 Å². The van der Waals surface area contributed by atoms with E-state index in [4.69, 9.17) is 20.7 Å². The number of aliphatic hydroxyl groups is 1. The number of anilines is 2. The molecule has 0 aromatic heterocycles. The number of nitrogens with zero attached hydrogens (tertiary/aromatic N) is 1. The topological polar surface area (TPSA) is 146 Å². The molecule has 4 rings (SSSR count). The van der Waals surface area contributed by atoms with Gasteiger partial charge in [-0.2, -0.15) is 13.2 Å². The van der Waals surface area contributed by atoms with E-state index >= 15 is 0 Å². The van der Waals surface area contributed by atoms with Crippen molar-refractivity contribution in [3.05, 3.63) is 65.2 Å². The highest BCUT2D eigenvalue weighted by molar-refractivity contribution is 6.04. The number of aliphatic hydroxyl groups excluding tert-OH is 1. The molecule has 1 saturated heterocycles. The second kappa shape index (κ2) is 11.1. The van der Waals surface area contributed by atoms with Crippen LogP contribution in [0, 0.1) is 5.41 Å². The van der Waals surface area contributed by atoms with Crippen molar-refractivity contribution in [1.82, 2.24) is 0 Å². The van der Waals surface area contributed by atoms with Gasteiger partial charge in [0, 0.05) is 23.5 Å². The molecule has 2 atom stereocenters. The first-order chi connectivity index (χ1) is 17.0. The molecule has 0 spiro atoms. The maximum Gasteiger partial charge on any atom is 0.446 e. The van der Waals surface area contributed by atoms with Gasteiger partial charge in [0.2, 0.25) is 6.29 Å². The Kier molecular flexibility index (Phi) is 8.22. The number of morpholine rings is 1. The summed E-state index contributed by atoms with van der Waals surface area (Å²) in [5, 5.41) is 20.4. The molecule has 5 N–H and O–H groups in total. The molecule has 0 radical (unpaired) electrons. The number of allylic oxidation sites excluding steroid dienone is 1. The molecule has 1 aliphatic heterocycles. The Hall–Kier alpha value is -4.03. The smallest absolute Gasteiger partial charge is 0.384 e. The minimum atomic E-state index is -4.64. The molecule has 2 aromatic rings. The quantitative estimate of drug-likeness (QED) is 0.278. The summed E-state index contributed by atoms with van der Waals surface area (Å²) in [5.74, 6) is -1.29. The number of amidine groups is 1. The molecule has 2 aliphatic rings. The van der Waals surface area contributed by atoms with E-state index in [1.165, 1.54) is 0 Å². The predicted molar refractivity (Wildman–Crippen MR) is 125 cm³/mol. The van der Waals surface area contributed by atoms with Gasteiger partial charge in [0.25, 0.3) is 11.8 Å². The fourth-order valence-electron chi connectivity index (χ4n) is 3.59. The number of aldehydes is 1. The summed E-state index contributed by atoms with van der Waals surface area (Å²) >= 11 is 0. The Morgan fingerprint density at radius 3 is 2.53 bits per heavy atom. The molecule has 0 unspecified atom stereocenters. The van der Waals surface area contributed by atoms with Crippen molar-refractivity contribution >= 4 is 41.4 Å². The van der Waals surface area contributed by atoms with Crippen molar-refractivity contribution in [3.8, 4) is 0 Å². The van der Waals surface area contributed by atoms with Crippen LogP contribution in [0.25, 0.3) is 6.08 Å². The Balaban J connectivity index is 0.000000538. The Morgan fingerprint density at radius 2 is 1.92 bits per heavy atom. The number of nitrogen functional groups attached to an aromatic ring is 1. The van der Waals surface area contributed by atoms with Gasteiger partial charge >= 0.3 is 6.18 Å². The Morgan fingerprint density at radius 1 is 1.25 bits per heavy atom. The van der Waals surface area contributed by atoms with Crippen LogP contribution in [0.15, 0.2) is 48.5 Å². The monoisotopic (exact) mass is 504 g/mol. The SMILES string of the molecule is N=C(N)c1ccc(NC(=O)[C@H](O)[C@H]2OCCN(c3ccc4c(c3)CC=C4)C2=O)cc1.O=CC(F)(F)F. The van der Waals surface area contributed by atoms with E-state index in [0.29, 0.717) is 17.8 Å². The van der Waals surface area contributed by atoms with Gasteiger partial charge in [0.05, 0.1) is 6.61 Å². The lowest BCUT2D eigenvalue weighted by atomic mass is 10.1. The summed E-state index contributed by atoms with van der Waals surface area (Å²) in [6, 6.07) is 12.1. The van der Waals surface area contributed by atoms with Crippen molar-refractivity contribution in [2.75, 3.05) is 23.4 Å². The molecule has 190 valence electrons. The fourth-order valence-corrected chi connectivity index (χ4v) is 3.59. The van der Waals surface area contributed by atoms with Crippen LogP contribution in [0.4, 0.5) is 24.5 Å². The van der Waals surface area contributed by atoms with Crippen LogP contribution < -0.4 is 16.0 Å². The molecule has 12 heteroatoms. The lowest BCUT2D eigenvalue weighted by Crippen LogP contribution is -2.55. The number of nitrogens with two attached hydrogens (primary N) is 1. The zero-order chi connectivity index (χ0) is 26.5. The number of rotatable bonds is 5. The predicted octanol–water partition coefficient (Wildman–Crippen LogP) is 2.02. The average molecular weight is 504 g/mol. The lowest BCUT2D eigenvalue weighted by Gasteiger charge is -2.34. The number of nitrogens with one attached hydrogen (secondary N) is 2. The van der Waals surface area contributed by atoms with E-state index in [-0.39, 0.29) is 12.4 Å². The third-order valence-corrected chi connectivity index (χ3v) is 5.35. The first-order valence-corrected chi connectivity index (χ1v) is 10.7. The summed E-state index contributed by atoms with van der Waals surface area (Å²) in [4.78, 5) is 35.7. The molecule has 1 aliphatic carbocycles. The highest BCUT2D eigenvalue weighted by atomic mass is 19.4. The van der Waals surface area contributed by atoms with Gasteiger partial charge < -0.3 is 25.8 Å². The fraction of sp³-hybridized carbons (Fsp3) is 0.250. The minimum absolute atomic E-state index is 0.0865. The second-order valence-electron chi connectivity index (χ2n) is 7.86. The van der Waals surface area contributed by atoms with E-state index in [2.05, 4.69) is 11.4 Å². The standard InChI is InChI=1S/C22H22N4O4.C2HF3O/c23-20(24)14-4-7-16(8-5-14)25-21(28)18(27)19-22(29)26(10-11-30-19)17-9-6-13-2-1-3-15(13)12-17;3-2(4,5)1-6/h1-2,4-9,12,18-19,27H,3,10-11H2,(H3,23,24)(H,25,28);1H/t18-,19-;/m1./s1. The second-order valence-corrected chi connectivity index (χ2v) is 7.86. The van der Waals surface area contributed by atoms with Gasteiger partial charge in [-0.3, -0.25) is 19.8 Å². The lowest BCUT2D eigenvalue weighted by molar-refractivity contribution is -0.156. The summed E-state index contributed by atoms with van der Waals surface area (Å²) < 4.78 is 36.7. The molecule has 1 fully saturated rings. The molecule has 1 heterocycles. The number of carbonyl (C=O) groups excluding carboxylic acids is 3. The number of halogens is 3. The number of hydrogen-bond donors (Lipinski definition) is 4. The van der Waals surface area contributed by atoms with Crippen molar-refractivity contribution < 1.29 is 37.4 Å². The summed E-state index contributed by atoms with van der Waals surface area (Å²) in [5.41, 5.74) is 9.33. The Labute approximate surface area is 203 Å². The van der Waals surface area contributed by atoms with Crippen molar-refractivity contribution in [1.29, 1.82) is 5.41 Å². The zero-order valence-electron chi connectivity index (χ0n) is 18.8. The number of carbonyl (C=O) groups is 3. The van der Waals surface area contributed by atoms with Crippen LogP contribution in [-0.2, 0) is 25.5 Å². The largest absolute Gasteiger partial charge is 0.446 e. The number of alkyl halides is 3. The first kappa shape index (κ1) is 26.6. The highest BCUT2D eigenvalue weighted by Gasteiger charge is 2.39. The molecule has 2 aromatic carbocycles. The van der Waals surface area contributed by atoms with Gasteiger partial charge in [-0.15, -0.1) is 0 Å². The Bertz CT molecular complexity index is 1180. The maximum atomic E-state index is 13.0. The number of ether oxygens (including phenoxy) is 1. The molecule has 9 nitrogen and oxygen atoms in total. The maximum absolute atomic E-state index is 13.0. The van der Waals surface area contributed by atoms with Crippen LogP contribution >= 0.6 is 0 Å². The summed E-state index contributed by atoms with van der Waals surface area (Å²) in [6.45, 7) is 0.561. The van der Waals surface area contributed by atoms with Crippen molar-refractivity contribution in [2.45, 2.75) is 24.8 Å². The molecule has 0 bridgehead atoms. The average Bonchev–Trinajstić information content (AvgIpc) is 3.32. The third kappa shape index (κ3) is 6.55. The van der Waals surface area contributed by atoms with E-state index in [1.54, 1.807) is 29.2 Å². The normalized spacial score (nSPS) is 17.5. The van der Waals surface area contributed by atoms with Gasteiger partial charge in [-0.1, -0.05) is 18.2 Å². The van der Waals surface area contributed by atoms with Crippen LogP contribution in [0.5, 0.6) is 0 Å². The number of fused-ring (bicyclic) bond motifs is 1. The minimum Gasteiger partial charge on any atom is -0.384 e. The molecule has 0 saturated carbocycles. The van der Waals surface area contributed by atoms with E-state index in [0.717, 1.165) is 23.2 Å². The van der Waals surface area contributed by atoms with E-state index in [1.807, 2.05) is 24.3 Å². The number of hydrogen-bond acceptors (Lipinski definition) is 6. The van der Waals surface area contributed by atoms with Crippen molar-refractivity contribution in [2.24, 2.45) is 5.73 Å².